The molecule has 0 N–H and O–H groups in total. The molecular weight excluding hydrogens is 322 g/mol. The molecule has 0 spiro atoms. The second-order valence-corrected chi connectivity index (χ2v) is 6.36. The Kier molecular flexibility index (Phi) is 4.17. The maximum atomic E-state index is 6.27. The van der Waals surface area contributed by atoms with Gasteiger partial charge in [-0.2, -0.15) is 0 Å². The third kappa shape index (κ3) is 2.86. The minimum absolute atomic E-state index is 0.466. The van der Waals surface area contributed by atoms with Crippen LogP contribution in [0.1, 0.15) is 18.4 Å². The van der Waals surface area contributed by atoms with Crippen LogP contribution in [0.25, 0.3) is 10.7 Å². The van der Waals surface area contributed by atoms with Crippen molar-refractivity contribution in [1.82, 2.24) is 19.7 Å². The van der Waals surface area contributed by atoms with Crippen molar-refractivity contribution >= 4 is 28.1 Å². The first-order valence-electron chi connectivity index (χ1n) is 6.88. The molecular formula is C14H16ClN5OS. The van der Waals surface area contributed by atoms with Crippen LogP contribution in [0.3, 0.4) is 0 Å². The third-order valence-corrected chi connectivity index (χ3v) is 4.78. The van der Waals surface area contributed by atoms with E-state index in [0.717, 1.165) is 33.7 Å². The van der Waals surface area contributed by atoms with Gasteiger partial charge < -0.3 is 14.0 Å². The molecule has 0 bridgehead atoms. The number of aromatic nitrogens is 4. The Morgan fingerprint density at radius 3 is 2.86 bits per heavy atom. The third-order valence-electron chi connectivity index (χ3n) is 3.17. The van der Waals surface area contributed by atoms with E-state index < -0.39 is 0 Å². The Labute approximate surface area is 137 Å². The topological polar surface area (TPSA) is 60.0 Å². The molecule has 116 valence electrons. The molecule has 0 fully saturated rings. The summed E-state index contributed by atoms with van der Waals surface area (Å²) in [6.07, 6.45) is 4.50. The molecule has 3 aromatic heterocycles. The Balaban J connectivity index is 1.91. The highest BCUT2D eigenvalue weighted by Crippen LogP contribution is 2.36. The molecule has 0 radical (unpaired) electrons. The highest BCUT2D eigenvalue weighted by molar-refractivity contribution is 7.19. The standard InChI is InChI=1S/C14H16ClN5OS/c1-4-9-7-10(21-18-9)8-20-6-5-16-13(20)11-12(15)17-14(22-11)19(2)3/h5-7H,4,8H2,1-3H3. The van der Waals surface area contributed by atoms with Crippen molar-refractivity contribution in [1.29, 1.82) is 0 Å². The van der Waals surface area contributed by atoms with Gasteiger partial charge in [0.2, 0.25) is 0 Å². The van der Waals surface area contributed by atoms with E-state index in [9.17, 15) is 0 Å². The van der Waals surface area contributed by atoms with E-state index in [1.807, 2.05) is 42.7 Å². The van der Waals surface area contributed by atoms with Gasteiger partial charge in [-0.25, -0.2) is 9.97 Å². The Morgan fingerprint density at radius 1 is 1.41 bits per heavy atom. The lowest BCUT2D eigenvalue weighted by Gasteiger charge is -2.05. The largest absolute Gasteiger partial charge is 0.359 e. The summed E-state index contributed by atoms with van der Waals surface area (Å²) in [7, 11) is 3.87. The molecule has 8 heteroatoms. The average molecular weight is 338 g/mol. The van der Waals surface area contributed by atoms with Crippen molar-refractivity contribution in [2.24, 2.45) is 0 Å². The van der Waals surface area contributed by atoms with Gasteiger partial charge in [0.05, 0.1) is 12.2 Å². The van der Waals surface area contributed by atoms with Crippen LogP contribution in [0.5, 0.6) is 0 Å². The van der Waals surface area contributed by atoms with Gasteiger partial charge in [0.25, 0.3) is 0 Å². The lowest BCUT2D eigenvalue weighted by atomic mass is 10.3. The molecule has 3 heterocycles. The van der Waals surface area contributed by atoms with Gasteiger partial charge in [0.1, 0.15) is 4.88 Å². The second-order valence-electron chi connectivity index (χ2n) is 5.03. The van der Waals surface area contributed by atoms with E-state index in [0.29, 0.717) is 11.7 Å². The summed E-state index contributed by atoms with van der Waals surface area (Å²) in [5, 5.41) is 5.33. The minimum atomic E-state index is 0.466. The number of hydrogen-bond donors (Lipinski definition) is 0. The number of anilines is 1. The van der Waals surface area contributed by atoms with Crippen molar-refractivity contribution in [2.45, 2.75) is 19.9 Å². The molecule has 3 aromatic rings. The van der Waals surface area contributed by atoms with Crippen LogP contribution in [0.15, 0.2) is 23.0 Å². The molecule has 0 saturated carbocycles. The summed E-state index contributed by atoms with van der Waals surface area (Å²) in [6, 6.07) is 1.96. The second kappa shape index (κ2) is 6.10. The minimum Gasteiger partial charge on any atom is -0.359 e. The Morgan fingerprint density at radius 2 is 2.23 bits per heavy atom. The molecule has 22 heavy (non-hydrogen) atoms. The van der Waals surface area contributed by atoms with E-state index >= 15 is 0 Å². The van der Waals surface area contributed by atoms with Crippen LogP contribution in [-0.2, 0) is 13.0 Å². The van der Waals surface area contributed by atoms with Crippen LogP contribution < -0.4 is 4.90 Å². The molecule has 0 aliphatic carbocycles. The summed E-state index contributed by atoms with van der Waals surface area (Å²) in [4.78, 5) is 11.5. The number of rotatable bonds is 5. The van der Waals surface area contributed by atoms with E-state index in [-0.39, 0.29) is 0 Å². The summed E-state index contributed by atoms with van der Waals surface area (Å²) in [5.74, 6) is 1.58. The molecule has 0 aliphatic heterocycles. The molecule has 3 rings (SSSR count). The van der Waals surface area contributed by atoms with E-state index in [2.05, 4.69) is 15.1 Å². The van der Waals surface area contributed by atoms with Gasteiger partial charge in [-0.05, 0) is 6.42 Å². The summed E-state index contributed by atoms with van der Waals surface area (Å²) >= 11 is 7.78. The van der Waals surface area contributed by atoms with Crippen molar-refractivity contribution in [2.75, 3.05) is 19.0 Å². The summed E-state index contributed by atoms with van der Waals surface area (Å²) < 4.78 is 7.33. The molecule has 0 unspecified atom stereocenters. The molecule has 0 atom stereocenters. The molecule has 6 nitrogen and oxygen atoms in total. The predicted octanol–water partition coefficient (Wildman–Crippen LogP) is 3.32. The predicted molar refractivity (Wildman–Crippen MR) is 87.7 cm³/mol. The number of imidazole rings is 1. The normalized spacial score (nSPS) is 11.1. The van der Waals surface area contributed by atoms with Crippen molar-refractivity contribution in [3.8, 4) is 10.7 Å². The smallest absolute Gasteiger partial charge is 0.186 e. The van der Waals surface area contributed by atoms with Crippen molar-refractivity contribution in [3.63, 3.8) is 0 Å². The molecule has 0 saturated heterocycles. The van der Waals surface area contributed by atoms with Crippen LogP contribution >= 0.6 is 22.9 Å². The van der Waals surface area contributed by atoms with Crippen LogP contribution in [0, 0.1) is 0 Å². The zero-order valence-corrected chi connectivity index (χ0v) is 14.1. The van der Waals surface area contributed by atoms with Crippen LogP contribution in [-0.4, -0.2) is 33.8 Å². The molecule has 0 aliphatic rings. The van der Waals surface area contributed by atoms with Gasteiger partial charge in [-0.15, -0.1) is 0 Å². The fourth-order valence-electron chi connectivity index (χ4n) is 2.03. The van der Waals surface area contributed by atoms with Gasteiger partial charge in [-0.3, -0.25) is 0 Å². The zero-order valence-electron chi connectivity index (χ0n) is 12.6. The van der Waals surface area contributed by atoms with Crippen molar-refractivity contribution in [3.05, 3.63) is 35.1 Å². The SMILES string of the molecule is CCc1cc(Cn2ccnc2-c2sc(N(C)C)nc2Cl)on1. The highest BCUT2D eigenvalue weighted by atomic mass is 35.5. The summed E-state index contributed by atoms with van der Waals surface area (Å²) in [5.41, 5.74) is 0.947. The Bertz CT molecular complexity index is 776. The number of hydrogen-bond acceptors (Lipinski definition) is 6. The molecule has 0 amide bonds. The van der Waals surface area contributed by atoms with Crippen LogP contribution in [0.2, 0.25) is 5.15 Å². The quantitative estimate of drug-likeness (QED) is 0.714. The zero-order chi connectivity index (χ0) is 15.7. The van der Waals surface area contributed by atoms with Crippen LogP contribution in [0.4, 0.5) is 5.13 Å². The van der Waals surface area contributed by atoms with Gasteiger partial charge in [0.15, 0.2) is 21.9 Å². The number of nitrogens with zero attached hydrogens (tertiary/aromatic N) is 5. The van der Waals surface area contributed by atoms with Gasteiger partial charge in [-0.1, -0.05) is 35.0 Å². The van der Waals surface area contributed by atoms with Gasteiger partial charge in [0, 0.05) is 32.6 Å². The number of thiazole rings is 1. The number of aryl methyl sites for hydroxylation is 1. The first kappa shape index (κ1) is 15.1. The van der Waals surface area contributed by atoms with Crippen molar-refractivity contribution < 1.29 is 4.52 Å². The fourth-order valence-corrected chi connectivity index (χ4v) is 3.25. The van der Waals surface area contributed by atoms with E-state index in [4.69, 9.17) is 16.1 Å². The maximum Gasteiger partial charge on any atom is 0.186 e. The molecule has 0 aromatic carbocycles. The first-order chi connectivity index (χ1) is 10.6. The average Bonchev–Trinajstić information content (AvgIpc) is 3.19. The maximum absolute atomic E-state index is 6.27. The Hall–Kier alpha value is -1.86. The fraction of sp³-hybridized carbons (Fsp3) is 0.357. The lowest BCUT2D eigenvalue weighted by Crippen LogP contribution is -2.07. The highest BCUT2D eigenvalue weighted by Gasteiger charge is 2.17. The number of halogens is 1. The first-order valence-corrected chi connectivity index (χ1v) is 8.07. The van der Waals surface area contributed by atoms with E-state index in [1.165, 1.54) is 11.3 Å². The summed E-state index contributed by atoms with van der Waals surface area (Å²) in [6.45, 7) is 2.61. The van der Waals surface area contributed by atoms with E-state index in [1.54, 1.807) is 6.20 Å². The lowest BCUT2D eigenvalue weighted by molar-refractivity contribution is 0.371. The van der Waals surface area contributed by atoms with Gasteiger partial charge >= 0.3 is 0 Å². The monoisotopic (exact) mass is 337 g/mol.